The standard InChI is InChI=1S/C22H18O3/c23-22(24)21-9-5-4-8-19(21)13-10-17-11-14-20(15-12-17)25-16-18-6-2-1-3-7-18/h1-15H,16H2,(H,23,24)/b13-10+. The SMILES string of the molecule is O=C(O)c1ccccc1/C=C/c1ccc(OCc2ccccc2)cc1. The maximum atomic E-state index is 11.2. The molecule has 3 aromatic carbocycles. The van der Waals surface area contributed by atoms with E-state index in [-0.39, 0.29) is 0 Å². The maximum absolute atomic E-state index is 11.2. The van der Waals surface area contributed by atoms with Crippen LogP contribution in [0.2, 0.25) is 0 Å². The summed E-state index contributed by atoms with van der Waals surface area (Å²) in [6, 6.07) is 24.6. The third-order valence-corrected chi connectivity index (χ3v) is 3.77. The van der Waals surface area contributed by atoms with Crippen LogP contribution in [0.15, 0.2) is 78.9 Å². The van der Waals surface area contributed by atoms with Gasteiger partial charge in [-0.25, -0.2) is 4.79 Å². The Balaban J connectivity index is 1.66. The fourth-order valence-electron chi connectivity index (χ4n) is 2.44. The summed E-state index contributed by atoms with van der Waals surface area (Å²) in [5, 5.41) is 9.20. The van der Waals surface area contributed by atoms with Crippen molar-refractivity contribution in [3.8, 4) is 5.75 Å². The predicted molar refractivity (Wildman–Crippen MR) is 99.5 cm³/mol. The van der Waals surface area contributed by atoms with Crippen LogP contribution in [-0.4, -0.2) is 11.1 Å². The van der Waals surface area contributed by atoms with Crippen molar-refractivity contribution in [1.29, 1.82) is 0 Å². The van der Waals surface area contributed by atoms with E-state index in [0.29, 0.717) is 17.7 Å². The monoisotopic (exact) mass is 330 g/mol. The van der Waals surface area contributed by atoms with Gasteiger partial charge in [0.2, 0.25) is 0 Å². The first-order chi connectivity index (χ1) is 12.2. The Kier molecular flexibility index (Phi) is 5.27. The van der Waals surface area contributed by atoms with Gasteiger partial charge in [0.1, 0.15) is 12.4 Å². The van der Waals surface area contributed by atoms with Crippen molar-refractivity contribution in [3.63, 3.8) is 0 Å². The van der Waals surface area contributed by atoms with Gasteiger partial charge in [-0.2, -0.15) is 0 Å². The third kappa shape index (κ3) is 4.58. The highest BCUT2D eigenvalue weighted by molar-refractivity contribution is 5.93. The molecule has 0 atom stereocenters. The van der Waals surface area contributed by atoms with Crippen molar-refractivity contribution >= 4 is 18.1 Å². The molecule has 0 amide bonds. The minimum atomic E-state index is -0.926. The fraction of sp³-hybridized carbons (Fsp3) is 0.0455. The summed E-state index contributed by atoms with van der Waals surface area (Å²) in [4.78, 5) is 11.2. The van der Waals surface area contributed by atoms with E-state index in [0.717, 1.165) is 16.9 Å². The number of benzene rings is 3. The van der Waals surface area contributed by atoms with Crippen molar-refractivity contribution in [2.24, 2.45) is 0 Å². The largest absolute Gasteiger partial charge is 0.489 e. The van der Waals surface area contributed by atoms with Gasteiger partial charge >= 0.3 is 5.97 Å². The molecule has 3 rings (SSSR count). The summed E-state index contributed by atoms with van der Waals surface area (Å²) in [6.45, 7) is 0.530. The first kappa shape index (κ1) is 16.5. The van der Waals surface area contributed by atoms with Gasteiger partial charge in [0.25, 0.3) is 0 Å². The van der Waals surface area contributed by atoms with Crippen molar-refractivity contribution in [2.45, 2.75) is 6.61 Å². The van der Waals surface area contributed by atoms with Crippen LogP contribution in [0.3, 0.4) is 0 Å². The number of aromatic carboxylic acids is 1. The van der Waals surface area contributed by atoms with Crippen LogP contribution < -0.4 is 4.74 Å². The quantitative estimate of drug-likeness (QED) is 0.637. The second kappa shape index (κ2) is 7.97. The molecule has 0 saturated carbocycles. The summed E-state index contributed by atoms with van der Waals surface area (Å²) >= 11 is 0. The van der Waals surface area contributed by atoms with Crippen LogP contribution >= 0.6 is 0 Å². The fourth-order valence-corrected chi connectivity index (χ4v) is 2.44. The number of ether oxygens (including phenoxy) is 1. The van der Waals surface area contributed by atoms with Gasteiger partial charge in [-0.15, -0.1) is 0 Å². The van der Waals surface area contributed by atoms with E-state index in [1.807, 2.05) is 72.8 Å². The number of hydrogen-bond donors (Lipinski definition) is 1. The molecule has 0 aliphatic rings. The lowest BCUT2D eigenvalue weighted by molar-refractivity contribution is 0.0696. The van der Waals surface area contributed by atoms with Crippen LogP contribution in [0.1, 0.15) is 27.0 Å². The number of carboxylic acid groups (broad SMARTS) is 1. The minimum Gasteiger partial charge on any atom is -0.489 e. The van der Waals surface area contributed by atoms with Crippen molar-refractivity contribution in [1.82, 2.24) is 0 Å². The zero-order valence-electron chi connectivity index (χ0n) is 13.6. The van der Waals surface area contributed by atoms with Crippen LogP contribution in [0.5, 0.6) is 5.75 Å². The van der Waals surface area contributed by atoms with E-state index >= 15 is 0 Å². The Morgan fingerprint density at radius 1 is 0.840 bits per heavy atom. The second-order valence-corrected chi connectivity index (χ2v) is 5.57. The van der Waals surface area contributed by atoms with Crippen molar-refractivity contribution in [2.75, 3.05) is 0 Å². The van der Waals surface area contributed by atoms with Gasteiger partial charge < -0.3 is 9.84 Å². The molecule has 0 spiro atoms. The lowest BCUT2D eigenvalue weighted by Crippen LogP contribution is -1.98. The Morgan fingerprint density at radius 2 is 1.52 bits per heavy atom. The summed E-state index contributed by atoms with van der Waals surface area (Å²) in [6.07, 6.45) is 3.70. The zero-order valence-corrected chi connectivity index (χ0v) is 13.6. The van der Waals surface area contributed by atoms with Gasteiger partial charge in [-0.3, -0.25) is 0 Å². The molecule has 0 radical (unpaired) electrons. The van der Waals surface area contributed by atoms with E-state index in [2.05, 4.69) is 0 Å². The number of carbonyl (C=O) groups is 1. The molecule has 1 N–H and O–H groups in total. The van der Waals surface area contributed by atoms with Gasteiger partial charge in [-0.1, -0.05) is 72.8 Å². The van der Waals surface area contributed by atoms with Crippen LogP contribution in [0.4, 0.5) is 0 Å². The highest BCUT2D eigenvalue weighted by Crippen LogP contribution is 2.17. The van der Waals surface area contributed by atoms with E-state index in [1.54, 1.807) is 18.2 Å². The van der Waals surface area contributed by atoms with Crippen LogP contribution in [0, 0.1) is 0 Å². The molecule has 0 bridgehead atoms. The lowest BCUT2D eigenvalue weighted by Gasteiger charge is -2.06. The normalized spacial score (nSPS) is 10.7. The molecule has 25 heavy (non-hydrogen) atoms. The van der Waals surface area contributed by atoms with Crippen LogP contribution in [0.25, 0.3) is 12.2 Å². The predicted octanol–water partition coefficient (Wildman–Crippen LogP) is 5.13. The van der Waals surface area contributed by atoms with Crippen molar-refractivity contribution in [3.05, 3.63) is 101 Å². The summed E-state index contributed by atoms with van der Waals surface area (Å²) in [7, 11) is 0. The lowest BCUT2D eigenvalue weighted by atomic mass is 10.1. The molecule has 124 valence electrons. The first-order valence-electron chi connectivity index (χ1n) is 7.99. The van der Waals surface area contributed by atoms with E-state index in [9.17, 15) is 9.90 Å². The zero-order chi connectivity index (χ0) is 17.5. The molecule has 0 heterocycles. The highest BCUT2D eigenvalue weighted by Gasteiger charge is 2.05. The average molecular weight is 330 g/mol. The number of hydrogen-bond acceptors (Lipinski definition) is 2. The van der Waals surface area contributed by atoms with Gasteiger partial charge in [-0.05, 0) is 34.9 Å². The van der Waals surface area contributed by atoms with Crippen LogP contribution in [-0.2, 0) is 6.61 Å². The molecule has 0 aliphatic carbocycles. The maximum Gasteiger partial charge on any atom is 0.336 e. The molecule has 0 aliphatic heterocycles. The van der Waals surface area contributed by atoms with E-state index in [4.69, 9.17) is 4.74 Å². The molecule has 0 aromatic heterocycles. The average Bonchev–Trinajstić information content (AvgIpc) is 2.66. The molecule has 3 nitrogen and oxygen atoms in total. The van der Waals surface area contributed by atoms with Gasteiger partial charge in [0.15, 0.2) is 0 Å². The van der Waals surface area contributed by atoms with Gasteiger partial charge in [0, 0.05) is 0 Å². The number of carboxylic acids is 1. The van der Waals surface area contributed by atoms with Gasteiger partial charge in [0.05, 0.1) is 5.56 Å². The van der Waals surface area contributed by atoms with Crippen molar-refractivity contribution < 1.29 is 14.6 Å². The molecule has 0 saturated heterocycles. The Hall–Kier alpha value is -3.33. The molecule has 3 aromatic rings. The number of rotatable bonds is 6. The Labute approximate surface area is 146 Å². The van der Waals surface area contributed by atoms with E-state index in [1.165, 1.54) is 0 Å². The Bertz CT molecular complexity index is 865. The molecular weight excluding hydrogens is 312 g/mol. The Morgan fingerprint density at radius 3 is 2.24 bits per heavy atom. The minimum absolute atomic E-state index is 0.293. The molecule has 0 unspecified atom stereocenters. The summed E-state index contributed by atoms with van der Waals surface area (Å²) in [5.41, 5.74) is 3.07. The molecular formula is C22H18O3. The smallest absolute Gasteiger partial charge is 0.336 e. The third-order valence-electron chi connectivity index (χ3n) is 3.77. The molecule has 0 fully saturated rings. The summed E-state index contributed by atoms with van der Waals surface area (Å²) in [5.74, 6) is -0.128. The first-order valence-corrected chi connectivity index (χ1v) is 7.99. The van der Waals surface area contributed by atoms with E-state index < -0.39 is 5.97 Å². The summed E-state index contributed by atoms with van der Waals surface area (Å²) < 4.78 is 5.76. The molecule has 3 heteroatoms. The topological polar surface area (TPSA) is 46.5 Å². The second-order valence-electron chi connectivity index (χ2n) is 5.57. The highest BCUT2D eigenvalue weighted by atomic mass is 16.5.